The zero-order valence-electron chi connectivity index (χ0n) is 20.2. The summed E-state index contributed by atoms with van der Waals surface area (Å²) >= 11 is 6.45. The van der Waals surface area contributed by atoms with E-state index in [0.29, 0.717) is 29.3 Å². The minimum absolute atomic E-state index is 0.0699. The second-order valence-corrected chi connectivity index (χ2v) is 15.7. The van der Waals surface area contributed by atoms with Crippen LogP contribution < -0.4 is 10.1 Å². The Morgan fingerprint density at radius 2 is 2.00 bits per heavy atom. The third kappa shape index (κ3) is 6.30. The number of anilines is 1. The third-order valence-corrected chi connectivity index (χ3v) is 7.46. The van der Waals surface area contributed by atoms with E-state index < -0.39 is 25.5 Å². The molecule has 11 heteroatoms. The van der Waals surface area contributed by atoms with Crippen LogP contribution in [0.1, 0.15) is 13.3 Å². The van der Waals surface area contributed by atoms with Crippen LogP contribution in [0.2, 0.25) is 30.7 Å². The zero-order chi connectivity index (χ0) is 25.2. The SMILES string of the molecule is CC1CCOC(Nc2cc(F)c(Oc3ccnc4c3c(Cl)cn4COCC[Si](C)(C)C)c(F)c2)=N1. The van der Waals surface area contributed by atoms with Gasteiger partial charge in [-0.15, -0.1) is 0 Å². The highest BCUT2D eigenvalue weighted by Gasteiger charge is 2.20. The van der Waals surface area contributed by atoms with E-state index in [1.54, 1.807) is 10.8 Å². The van der Waals surface area contributed by atoms with Gasteiger partial charge in [-0.1, -0.05) is 31.2 Å². The summed E-state index contributed by atoms with van der Waals surface area (Å²) in [5.74, 6) is -2.12. The fourth-order valence-corrected chi connectivity index (χ4v) is 4.57. The van der Waals surface area contributed by atoms with Crippen molar-refractivity contribution in [1.29, 1.82) is 0 Å². The summed E-state index contributed by atoms with van der Waals surface area (Å²) < 4.78 is 48.4. The van der Waals surface area contributed by atoms with Gasteiger partial charge in [0.1, 0.15) is 18.1 Å². The van der Waals surface area contributed by atoms with Gasteiger partial charge in [-0.3, -0.25) is 0 Å². The number of nitrogens with zero attached hydrogens (tertiary/aromatic N) is 3. The number of fused-ring (bicyclic) bond motifs is 1. The molecule has 3 aromatic rings. The van der Waals surface area contributed by atoms with Crippen molar-refractivity contribution in [1.82, 2.24) is 9.55 Å². The summed E-state index contributed by atoms with van der Waals surface area (Å²) in [5, 5.41) is 3.60. The fourth-order valence-electron chi connectivity index (χ4n) is 3.52. The maximum atomic E-state index is 14.9. The molecule has 0 saturated heterocycles. The number of amidine groups is 1. The van der Waals surface area contributed by atoms with Gasteiger partial charge in [0.05, 0.1) is 23.1 Å². The van der Waals surface area contributed by atoms with E-state index >= 15 is 0 Å². The van der Waals surface area contributed by atoms with E-state index in [2.05, 4.69) is 34.9 Å². The molecule has 1 atom stereocenters. The van der Waals surface area contributed by atoms with Crippen molar-refractivity contribution in [3.8, 4) is 11.5 Å². The van der Waals surface area contributed by atoms with E-state index in [4.69, 9.17) is 25.8 Å². The number of aliphatic imine (C=N–C) groups is 1. The second-order valence-electron chi connectivity index (χ2n) is 9.72. The van der Waals surface area contributed by atoms with Crippen molar-refractivity contribution >= 4 is 42.4 Å². The molecule has 1 unspecified atom stereocenters. The topological polar surface area (TPSA) is 69.9 Å². The summed E-state index contributed by atoms with van der Waals surface area (Å²) in [6.07, 6.45) is 3.96. The third-order valence-electron chi connectivity index (χ3n) is 5.47. The van der Waals surface area contributed by atoms with Crippen LogP contribution in [-0.4, -0.2) is 42.9 Å². The van der Waals surface area contributed by atoms with Crippen LogP contribution >= 0.6 is 11.6 Å². The van der Waals surface area contributed by atoms with Crippen LogP contribution in [0.4, 0.5) is 14.5 Å². The molecule has 1 N–H and O–H groups in total. The molecule has 35 heavy (non-hydrogen) atoms. The molecule has 7 nitrogen and oxygen atoms in total. The van der Waals surface area contributed by atoms with Crippen molar-refractivity contribution in [2.45, 2.75) is 51.8 Å². The molecule has 0 aliphatic carbocycles. The minimum Gasteiger partial charge on any atom is -0.465 e. The highest BCUT2D eigenvalue weighted by molar-refractivity contribution is 6.76. The number of ether oxygens (including phenoxy) is 3. The number of halogens is 3. The molecule has 0 fully saturated rings. The smallest absolute Gasteiger partial charge is 0.289 e. The number of hydrogen-bond acceptors (Lipinski definition) is 6. The lowest BCUT2D eigenvalue weighted by atomic mass is 10.2. The highest BCUT2D eigenvalue weighted by Crippen LogP contribution is 2.37. The second kappa shape index (κ2) is 10.5. The van der Waals surface area contributed by atoms with Crippen LogP contribution in [-0.2, 0) is 16.2 Å². The molecule has 1 aliphatic heterocycles. The largest absolute Gasteiger partial charge is 0.465 e. The number of pyridine rings is 1. The molecule has 2 aromatic heterocycles. The average Bonchev–Trinajstić information content (AvgIpc) is 3.09. The maximum Gasteiger partial charge on any atom is 0.289 e. The van der Waals surface area contributed by atoms with Gasteiger partial charge in [0.25, 0.3) is 6.02 Å². The Bertz CT molecular complexity index is 1220. The van der Waals surface area contributed by atoms with Gasteiger partial charge < -0.3 is 24.1 Å². The maximum absolute atomic E-state index is 14.9. The van der Waals surface area contributed by atoms with Crippen LogP contribution in [0.25, 0.3) is 11.0 Å². The Morgan fingerprint density at radius 3 is 2.69 bits per heavy atom. The van der Waals surface area contributed by atoms with Gasteiger partial charge >= 0.3 is 0 Å². The quantitative estimate of drug-likeness (QED) is 0.265. The first-order chi connectivity index (χ1) is 16.6. The molecular formula is C24H29ClF2N4O3Si. The molecule has 4 rings (SSSR count). The first kappa shape index (κ1) is 25.4. The Morgan fingerprint density at radius 1 is 1.26 bits per heavy atom. The molecule has 3 heterocycles. The number of hydrogen-bond donors (Lipinski definition) is 1. The standard InChI is InChI=1S/C24H29ClF2N4O3Si/c1-15-6-8-33-24(29-15)30-16-11-18(26)22(19(27)12-16)34-20-5-7-28-23-21(20)17(25)13-31(23)14-32-9-10-35(2,3)4/h5,7,11-13,15H,6,8-10,14H2,1-4H3,(H,29,30). The molecule has 1 aromatic carbocycles. The summed E-state index contributed by atoms with van der Waals surface area (Å²) in [4.78, 5) is 8.65. The van der Waals surface area contributed by atoms with Crippen LogP contribution in [0, 0.1) is 11.6 Å². The number of aromatic nitrogens is 2. The molecule has 1 aliphatic rings. The van der Waals surface area contributed by atoms with Gasteiger partial charge in [0, 0.05) is 51.3 Å². The fraction of sp³-hybridized carbons (Fsp3) is 0.417. The Kier molecular flexibility index (Phi) is 7.63. The number of nitrogens with one attached hydrogen (secondary N) is 1. The van der Waals surface area contributed by atoms with Crippen LogP contribution in [0.3, 0.4) is 0 Å². The molecule has 0 radical (unpaired) electrons. The summed E-state index contributed by atoms with van der Waals surface area (Å²) in [7, 11) is -1.21. The predicted molar refractivity (Wildman–Crippen MR) is 136 cm³/mol. The van der Waals surface area contributed by atoms with Gasteiger partial charge in [-0.05, 0) is 19.0 Å². The summed E-state index contributed by atoms with van der Waals surface area (Å²) in [5.41, 5.74) is 0.668. The van der Waals surface area contributed by atoms with E-state index in [0.717, 1.165) is 24.6 Å². The lowest BCUT2D eigenvalue weighted by Crippen LogP contribution is -2.25. The van der Waals surface area contributed by atoms with Gasteiger partial charge in [-0.25, -0.2) is 18.8 Å². The Labute approximate surface area is 209 Å². The molecule has 0 spiro atoms. The Hall–Kier alpha value is -2.69. The van der Waals surface area contributed by atoms with Gasteiger partial charge in [0.15, 0.2) is 17.4 Å². The highest BCUT2D eigenvalue weighted by atomic mass is 35.5. The minimum atomic E-state index is -1.21. The number of benzene rings is 1. The van der Waals surface area contributed by atoms with Gasteiger partial charge in [0.2, 0.25) is 0 Å². The Balaban J connectivity index is 1.54. The zero-order valence-corrected chi connectivity index (χ0v) is 22.0. The lowest BCUT2D eigenvalue weighted by molar-refractivity contribution is 0.0899. The van der Waals surface area contributed by atoms with E-state index in [1.165, 1.54) is 12.3 Å². The van der Waals surface area contributed by atoms with Crippen molar-refractivity contribution in [2.24, 2.45) is 4.99 Å². The molecule has 0 bridgehead atoms. The van der Waals surface area contributed by atoms with E-state index in [9.17, 15) is 8.78 Å². The number of rotatable bonds is 8. The normalized spacial score (nSPS) is 16.2. The first-order valence-corrected chi connectivity index (χ1v) is 15.5. The van der Waals surface area contributed by atoms with Crippen molar-refractivity contribution < 1.29 is 23.0 Å². The van der Waals surface area contributed by atoms with Crippen LogP contribution in [0.15, 0.2) is 35.6 Å². The van der Waals surface area contributed by atoms with Crippen molar-refractivity contribution in [3.63, 3.8) is 0 Å². The van der Waals surface area contributed by atoms with Crippen molar-refractivity contribution in [2.75, 3.05) is 18.5 Å². The molecular weight excluding hydrogens is 494 g/mol. The summed E-state index contributed by atoms with van der Waals surface area (Å²) in [6.45, 7) is 10.2. The summed E-state index contributed by atoms with van der Waals surface area (Å²) in [6, 6.07) is 5.10. The van der Waals surface area contributed by atoms with E-state index in [-0.39, 0.29) is 30.2 Å². The average molecular weight is 523 g/mol. The molecule has 188 valence electrons. The monoisotopic (exact) mass is 522 g/mol. The predicted octanol–water partition coefficient (Wildman–Crippen LogP) is 6.65. The molecule has 0 amide bonds. The molecule has 0 saturated carbocycles. The lowest BCUT2D eigenvalue weighted by Gasteiger charge is -2.19. The van der Waals surface area contributed by atoms with E-state index in [1.807, 2.05) is 6.92 Å². The van der Waals surface area contributed by atoms with Crippen LogP contribution in [0.5, 0.6) is 11.5 Å². The first-order valence-electron chi connectivity index (χ1n) is 11.5. The van der Waals surface area contributed by atoms with Crippen molar-refractivity contribution in [3.05, 3.63) is 47.2 Å². The van der Waals surface area contributed by atoms with Gasteiger partial charge in [-0.2, -0.15) is 0 Å².